The lowest BCUT2D eigenvalue weighted by molar-refractivity contribution is -0.154. The van der Waals surface area contributed by atoms with Gasteiger partial charge >= 0.3 is 5.97 Å². The summed E-state index contributed by atoms with van der Waals surface area (Å²) in [6.45, 7) is 0.368. The third kappa shape index (κ3) is 4.80. The number of fused-ring (bicyclic) bond motifs is 1. The highest BCUT2D eigenvalue weighted by Crippen LogP contribution is 2.33. The van der Waals surface area contributed by atoms with Crippen molar-refractivity contribution in [2.24, 2.45) is 0 Å². The lowest BCUT2D eigenvalue weighted by atomic mass is 9.85. The Morgan fingerprint density at radius 1 is 0.806 bits per heavy atom. The minimum atomic E-state index is -0.679. The van der Waals surface area contributed by atoms with Crippen molar-refractivity contribution in [3.05, 3.63) is 143 Å². The monoisotopic (exact) mass is 475 g/mol. The fourth-order valence-corrected chi connectivity index (χ4v) is 5.19. The zero-order chi connectivity index (χ0) is 24.9. The number of benzene rings is 4. The molecule has 0 aromatic heterocycles. The molecule has 1 heterocycles. The van der Waals surface area contributed by atoms with Gasteiger partial charge in [0.15, 0.2) is 0 Å². The van der Waals surface area contributed by atoms with Crippen molar-refractivity contribution < 1.29 is 14.3 Å². The summed E-state index contributed by atoms with van der Waals surface area (Å²) < 4.78 is 5.20. The van der Waals surface area contributed by atoms with Crippen LogP contribution >= 0.6 is 0 Å². The summed E-state index contributed by atoms with van der Waals surface area (Å²) in [4.78, 5) is 29.0. The molecule has 0 saturated heterocycles. The molecular weight excluding hydrogens is 446 g/mol. The summed E-state index contributed by atoms with van der Waals surface area (Å²) in [5.41, 5.74) is 6.42. The van der Waals surface area contributed by atoms with Crippen LogP contribution in [0, 0.1) is 0 Å². The number of esters is 1. The predicted molar refractivity (Wildman–Crippen MR) is 140 cm³/mol. The Balaban J connectivity index is 1.54. The van der Waals surface area contributed by atoms with E-state index in [0.29, 0.717) is 13.0 Å². The summed E-state index contributed by atoms with van der Waals surface area (Å²) in [5.74, 6) is -0.987. The fourth-order valence-electron chi connectivity index (χ4n) is 5.19. The molecular formula is C32H29NO3. The molecule has 0 bridgehead atoms. The van der Waals surface area contributed by atoms with E-state index in [1.54, 1.807) is 4.90 Å². The van der Waals surface area contributed by atoms with Crippen molar-refractivity contribution in [3.63, 3.8) is 0 Å². The Morgan fingerprint density at radius 3 is 1.97 bits per heavy atom. The van der Waals surface area contributed by atoms with Crippen molar-refractivity contribution in [3.8, 4) is 0 Å². The number of hydrogen-bond acceptors (Lipinski definition) is 3. The average molecular weight is 476 g/mol. The van der Waals surface area contributed by atoms with Crippen LogP contribution in [0.3, 0.4) is 0 Å². The molecule has 4 aromatic rings. The summed E-state index contributed by atoms with van der Waals surface area (Å²) in [7, 11) is 1.39. The molecule has 0 saturated carbocycles. The second-order valence-electron chi connectivity index (χ2n) is 9.18. The van der Waals surface area contributed by atoms with Gasteiger partial charge < -0.3 is 9.64 Å². The Kier molecular flexibility index (Phi) is 6.94. The van der Waals surface area contributed by atoms with Crippen LogP contribution in [0.2, 0.25) is 0 Å². The zero-order valence-corrected chi connectivity index (χ0v) is 20.3. The molecule has 0 spiro atoms. The van der Waals surface area contributed by atoms with Gasteiger partial charge in [0.1, 0.15) is 6.04 Å². The van der Waals surface area contributed by atoms with Crippen molar-refractivity contribution in [2.45, 2.75) is 31.3 Å². The van der Waals surface area contributed by atoms with Crippen LogP contribution < -0.4 is 0 Å². The van der Waals surface area contributed by atoms with Crippen LogP contribution in [0.25, 0.3) is 0 Å². The van der Waals surface area contributed by atoms with Gasteiger partial charge in [-0.1, -0.05) is 109 Å². The normalized spacial score (nSPS) is 14.8. The molecule has 1 amide bonds. The molecule has 180 valence electrons. The highest BCUT2D eigenvalue weighted by Gasteiger charge is 2.39. The predicted octanol–water partition coefficient (Wildman–Crippen LogP) is 5.54. The molecule has 0 aliphatic carbocycles. The smallest absolute Gasteiger partial charge is 0.328 e. The van der Waals surface area contributed by atoms with E-state index in [9.17, 15) is 9.59 Å². The van der Waals surface area contributed by atoms with Gasteiger partial charge in [-0.15, -0.1) is 0 Å². The number of ether oxygens (including phenoxy) is 1. The number of carbonyl (C=O) groups excluding carboxylic acids is 2. The first-order chi connectivity index (χ1) is 17.7. The molecule has 1 aliphatic rings. The molecule has 1 atom stereocenters. The highest BCUT2D eigenvalue weighted by molar-refractivity contribution is 5.91. The van der Waals surface area contributed by atoms with E-state index < -0.39 is 12.0 Å². The van der Waals surface area contributed by atoms with Gasteiger partial charge in [-0.3, -0.25) is 4.79 Å². The van der Waals surface area contributed by atoms with E-state index in [4.69, 9.17) is 4.74 Å². The van der Waals surface area contributed by atoms with Gasteiger partial charge in [0.25, 0.3) is 0 Å². The Hall–Kier alpha value is -4.18. The minimum absolute atomic E-state index is 0.0955. The molecule has 4 aromatic carbocycles. The molecule has 1 aliphatic heterocycles. The second kappa shape index (κ2) is 10.6. The summed E-state index contributed by atoms with van der Waals surface area (Å²) >= 11 is 0. The van der Waals surface area contributed by atoms with Gasteiger partial charge in [0.05, 0.1) is 13.0 Å². The maximum Gasteiger partial charge on any atom is 0.328 e. The summed E-state index contributed by atoms with van der Waals surface area (Å²) in [6.07, 6.45) is 1.22. The van der Waals surface area contributed by atoms with Gasteiger partial charge in [0.2, 0.25) is 5.91 Å². The Labute approximate surface area is 212 Å². The van der Waals surface area contributed by atoms with Gasteiger partial charge in [-0.05, 0) is 39.8 Å². The van der Waals surface area contributed by atoms with Crippen LogP contribution in [0.15, 0.2) is 109 Å². The van der Waals surface area contributed by atoms with E-state index in [1.807, 2.05) is 84.9 Å². The van der Waals surface area contributed by atoms with Crippen LogP contribution in [0.1, 0.15) is 39.3 Å². The van der Waals surface area contributed by atoms with E-state index in [2.05, 4.69) is 24.3 Å². The topological polar surface area (TPSA) is 46.6 Å². The zero-order valence-electron chi connectivity index (χ0n) is 20.3. The SMILES string of the molecule is COC(=O)[C@@H]1Cc2c(Cc3ccccc3)cccc2CN1C(=O)C(c1ccccc1)c1ccccc1. The van der Waals surface area contributed by atoms with E-state index in [1.165, 1.54) is 18.2 Å². The largest absolute Gasteiger partial charge is 0.467 e. The van der Waals surface area contributed by atoms with Crippen LogP contribution in [0.5, 0.6) is 0 Å². The molecule has 4 heteroatoms. The Bertz CT molecular complexity index is 1300. The first-order valence-corrected chi connectivity index (χ1v) is 12.3. The van der Waals surface area contributed by atoms with E-state index in [-0.39, 0.29) is 11.9 Å². The maximum atomic E-state index is 14.2. The molecule has 0 unspecified atom stereocenters. The molecule has 36 heavy (non-hydrogen) atoms. The minimum Gasteiger partial charge on any atom is -0.467 e. The van der Waals surface area contributed by atoms with Crippen molar-refractivity contribution in [1.82, 2.24) is 4.90 Å². The van der Waals surface area contributed by atoms with Crippen molar-refractivity contribution in [1.29, 1.82) is 0 Å². The lowest BCUT2D eigenvalue weighted by Gasteiger charge is -2.38. The summed E-state index contributed by atoms with van der Waals surface area (Å²) in [5, 5.41) is 0. The fraction of sp³-hybridized carbons (Fsp3) is 0.188. The number of carbonyl (C=O) groups is 2. The standard InChI is InChI=1S/C32H29NO3/c1-36-32(35)29-21-28-26(20-23-12-5-2-6-13-23)18-11-19-27(28)22-33(29)31(34)30(24-14-7-3-8-15-24)25-16-9-4-10-17-25/h2-19,29-30H,20-22H2,1H3/t29-/m0/s1. The molecule has 0 N–H and O–H groups in total. The quantitative estimate of drug-likeness (QED) is 0.344. The van der Waals surface area contributed by atoms with E-state index in [0.717, 1.165) is 28.7 Å². The maximum absolute atomic E-state index is 14.2. The number of rotatable bonds is 6. The first-order valence-electron chi connectivity index (χ1n) is 12.3. The highest BCUT2D eigenvalue weighted by atomic mass is 16.5. The van der Waals surface area contributed by atoms with Gasteiger partial charge in [-0.25, -0.2) is 4.79 Å². The average Bonchev–Trinajstić information content (AvgIpc) is 2.94. The van der Waals surface area contributed by atoms with Gasteiger partial charge in [0, 0.05) is 13.0 Å². The molecule has 4 nitrogen and oxygen atoms in total. The molecule has 0 radical (unpaired) electrons. The van der Waals surface area contributed by atoms with E-state index >= 15 is 0 Å². The third-order valence-electron chi connectivity index (χ3n) is 6.99. The van der Waals surface area contributed by atoms with Gasteiger partial charge in [-0.2, -0.15) is 0 Å². The molecule has 0 fully saturated rings. The second-order valence-corrected chi connectivity index (χ2v) is 9.18. The van der Waals surface area contributed by atoms with Crippen LogP contribution in [-0.2, 0) is 33.7 Å². The van der Waals surface area contributed by atoms with Crippen molar-refractivity contribution in [2.75, 3.05) is 7.11 Å². The summed E-state index contributed by atoms with van der Waals surface area (Å²) in [6, 6.07) is 35.4. The first kappa shape index (κ1) is 23.6. The third-order valence-corrected chi connectivity index (χ3v) is 6.99. The number of hydrogen-bond donors (Lipinski definition) is 0. The van der Waals surface area contributed by atoms with Crippen molar-refractivity contribution >= 4 is 11.9 Å². The van der Waals surface area contributed by atoms with Crippen LogP contribution in [0.4, 0.5) is 0 Å². The number of methoxy groups -OCH3 is 1. The molecule has 5 rings (SSSR count). The van der Waals surface area contributed by atoms with Crippen LogP contribution in [-0.4, -0.2) is 29.9 Å². The number of nitrogens with zero attached hydrogens (tertiary/aromatic N) is 1. The Morgan fingerprint density at radius 2 is 1.39 bits per heavy atom. The lowest BCUT2D eigenvalue weighted by Crippen LogP contribution is -2.51. The number of amides is 1.